The van der Waals surface area contributed by atoms with Crippen LogP contribution >= 0.6 is 28.3 Å². The van der Waals surface area contributed by atoms with Crippen LogP contribution in [0.2, 0.25) is 0 Å². The molecular weight excluding hydrogens is 364 g/mol. The number of halogens is 2. The lowest BCUT2D eigenvalue weighted by Crippen LogP contribution is -2.38. The van der Waals surface area contributed by atoms with E-state index in [4.69, 9.17) is 0 Å². The van der Waals surface area contributed by atoms with Crippen molar-refractivity contribution in [2.45, 2.75) is 24.7 Å². The molecule has 1 unspecified atom stereocenters. The largest absolute Gasteiger partial charge is 0.316 e. The lowest BCUT2D eigenvalue weighted by atomic mass is 10.0. The van der Waals surface area contributed by atoms with Crippen LogP contribution in [0.25, 0.3) is 0 Å². The molecule has 1 aromatic carbocycles. The topological polar surface area (TPSA) is 58.2 Å². The molecule has 0 aromatic heterocycles. The third-order valence-electron chi connectivity index (χ3n) is 3.40. The van der Waals surface area contributed by atoms with Gasteiger partial charge in [-0.25, -0.2) is 13.1 Å². The quantitative estimate of drug-likeness (QED) is 0.839. The summed E-state index contributed by atoms with van der Waals surface area (Å²) in [6.07, 6.45) is 2.19. The summed E-state index contributed by atoms with van der Waals surface area (Å²) in [5, 5.41) is 3.29. The Hall–Kier alpha value is -0.140. The summed E-state index contributed by atoms with van der Waals surface area (Å²) in [5.74, 6) is 0.389. The predicted molar refractivity (Wildman–Crippen MR) is 86.9 cm³/mol. The summed E-state index contributed by atoms with van der Waals surface area (Å²) in [5.41, 5.74) is 0.919. The maximum absolute atomic E-state index is 12.2. The highest BCUT2D eigenvalue weighted by Gasteiger charge is 2.18. The normalized spacial score (nSPS) is 19.4. The molecule has 0 amide bonds. The molecule has 1 aliphatic rings. The Morgan fingerprint density at radius 3 is 2.80 bits per heavy atom. The summed E-state index contributed by atoms with van der Waals surface area (Å²) >= 11 is 3.37. The number of benzene rings is 1. The van der Waals surface area contributed by atoms with Gasteiger partial charge >= 0.3 is 0 Å². The van der Waals surface area contributed by atoms with Crippen LogP contribution in [0.3, 0.4) is 0 Å². The maximum atomic E-state index is 12.2. The molecule has 114 valence electrons. The molecule has 0 aliphatic carbocycles. The maximum Gasteiger partial charge on any atom is 0.240 e. The summed E-state index contributed by atoms with van der Waals surface area (Å²) in [6.45, 7) is 4.32. The fourth-order valence-electron chi connectivity index (χ4n) is 2.19. The number of hydrogen-bond donors (Lipinski definition) is 2. The molecule has 7 heteroatoms. The molecule has 2 N–H and O–H groups in total. The van der Waals surface area contributed by atoms with E-state index in [1.54, 1.807) is 18.2 Å². The van der Waals surface area contributed by atoms with Gasteiger partial charge in [-0.15, -0.1) is 12.4 Å². The second-order valence-corrected chi connectivity index (χ2v) is 7.60. The summed E-state index contributed by atoms with van der Waals surface area (Å²) in [6, 6.07) is 5.08. The first-order chi connectivity index (χ1) is 8.99. The molecule has 20 heavy (non-hydrogen) atoms. The number of rotatable bonds is 4. The summed E-state index contributed by atoms with van der Waals surface area (Å²) in [4.78, 5) is 0.331. The molecule has 0 spiro atoms. The van der Waals surface area contributed by atoms with Gasteiger partial charge in [-0.2, -0.15) is 0 Å². The summed E-state index contributed by atoms with van der Waals surface area (Å²) in [7, 11) is -3.40. The highest BCUT2D eigenvalue weighted by Crippen LogP contribution is 2.20. The van der Waals surface area contributed by atoms with Crippen LogP contribution in [-0.4, -0.2) is 28.1 Å². The average Bonchev–Trinajstić information content (AvgIpc) is 2.41. The first kappa shape index (κ1) is 17.9. The lowest BCUT2D eigenvalue weighted by molar-refractivity contribution is 0.376. The molecule has 1 saturated heterocycles. The van der Waals surface area contributed by atoms with Crippen LogP contribution in [0.4, 0.5) is 0 Å². The highest BCUT2D eigenvalue weighted by molar-refractivity contribution is 9.10. The minimum atomic E-state index is -3.40. The van der Waals surface area contributed by atoms with Gasteiger partial charge in [-0.05, 0) is 62.5 Å². The second kappa shape index (κ2) is 7.75. The third kappa shape index (κ3) is 4.70. The Morgan fingerprint density at radius 1 is 1.45 bits per heavy atom. The molecular formula is C13H20BrClN2O2S. The van der Waals surface area contributed by atoms with E-state index in [-0.39, 0.29) is 12.4 Å². The molecule has 1 aliphatic heterocycles. The second-order valence-electron chi connectivity index (χ2n) is 4.98. The monoisotopic (exact) mass is 382 g/mol. The van der Waals surface area contributed by atoms with Crippen LogP contribution in [0.1, 0.15) is 18.4 Å². The smallest absolute Gasteiger partial charge is 0.240 e. The summed E-state index contributed by atoms with van der Waals surface area (Å²) < 4.78 is 28.0. The van der Waals surface area contributed by atoms with E-state index >= 15 is 0 Å². The van der Waals surface area contributed by atoms with Crippen molar-refractivity contribution in [2.24, 2.45) is 5.92 Å². The van der Waals surface area contributed by atoms with Crippen LogP contribution in [0, 0.1) is 12.8 Å². The minimum Gasteiger partial charge on any atom is -0.316 e. The number of nitrogens with one attached hydrogen (secondary N) is 2. The van der Waals surface area contributed by atoms with Gasteiger partial charge < -0.3 is 5.32 Å². The van der Waals surface area contributed by atoms with Gasteiger partial charge in [0.05, 0.1) is 4.90 Å². The van der Waals surface area contributed by atoms with E-state index in [0.29, 0.717) is 17.4 Å². The van der Waals surface area contributed by atoms with Crippen molar-refractivity contribution in [2.75, 3.05) is 19.6 Å². The molecule has 0 bridgehead atoms. The highest BCUT2D eigenvalue weighted by atomic mass is 79.9. The van der Waals surface area contributed by atoms with Crippen LogP contribution in [0.15, 0.2) is 27.6 Å². The first-order valence-corrected chi connectivity index (χ1v) is 8.73. The van der Waals surface area contributed by atoms with Gasteiger partial charge in [0, 0.05) is 11.0 Å². The van der Waals surface area contributed by atoms with Crippen molar-refractivity contribution in [3.05, 3.63) is 28.2 Å². The predicted octanol–water partition coefficient (Wildman–Crippen LogP) is 2.46. The SMILES string of the molecule is Cc1cc(S(=O)(=O)NCC2CCCNC2)ccc1Br.Cl. The number of hydrogen-bond acceptors (Lipinski definition) is 3. The van der Waals surface area contributed by atoms with Gasteiger partial charge in [-0.1, -0.05) is 15.9 Å². The Labute approximate surface area is 135 Å². The number of sulfonamides is 1. The van der Waals surface area contributed by atoms with Crippen LogP contribution in [0.5, 0.6) is 0 Å². The Balaban J connectivity index is 0.00000200. The van der Waals surface area contributed by atoms with Crippen molar-refractivity contribution >= 4 is 38.4 Å². The van der Waals surface area contributed by atoms with Gasteiger partial charge in [0.2, 0.25) is 10.0 Å². The Morgan fingerprint density at radius 2 is 2.20 bits per heavy atom. The zero-order chi connectivity index (χ0) is 13.9. The van der Waals surface area contributed by atoms with Gasteiger partial charge in [-0.3, -0.25) is 0 Å². The lowest BCUT2D eigenvalue weighted by Gasteiger charge is -2.22. The van der Waals surface area contributed by atoms with Crippen molar-refractivity contribution < 1.29 is 8.42 Å². The fourth-order valence-corrected chi connectivity index (χ4v) is 3.64. The van der Waals surface area contributed by atoms with E-state index in [1.807, 2.05) is 6.92 Å². The molecule has 0 radical (unpaired) electrons. The third-order valence-corrected chi connectivity index (χ3v) is 5.71. The molecule has 1 fully saturated rings. The van der Waals surface area contributed by atoms with E-state index in [9.17, 15) is 8.42 Å². The van der Waals surface area contributed by atoms with E-state index in [0.717, 1.165) is 36.0 Å². The molecule has 1 atom stereocenters. The van der Waals surface area contributed by atoms with Gasteiger partial charge in [0.15, 0.2) is 0 Å². The van der Waals surface area contributed by atoms with E-state index in [2.05, 4.69) is 26.0 Å². The number of aryl methyl sites for hydroxylation is 1. The standard InChI is InChI=1S/C13H19BrN2O2S.ClH/c1-10-7-12(4-5-13(10)14)19(17,18)16-9-11-3-2-6-15-8-11;/h4-5,7,11,15-16H,2-3,6,8-9H2,1H3;1H. The first-order valence-electron chi connectivity index (χ1n) is 6.45. The minimum absolute atomic E-state index is 0. The van der Waals surface area contributed by atoms with Gasteiger partial charge in [0.1, 0.15) is 0 Å². The van der Waals surface area contributed by atoms with Crippen molar-refractivity contribution in [1.29, 1.82) is 0 Å². The van der Waals surface area contributed by atoms with E-state index in [1.165, 1.54) is 0 Å². The molecule has 0 saturated carbocycles. The van der Waals surface area contributed by atoms with Crippen molar-refractivity contribution in [3.63, 3.8) is 0 Å². The van der Waals surface area contributed by atoms with Crippen LogP contribution < -0.4 is 10.0 Å². The average molecular weight is 384 g/mol. The van der Waals surface area contributed by atoms with Crippen molar-refractivity contribution in [3.8, 4) is 0 Å². The Bertz CT molecular complexity index is 545. The van der Waals surface area contributed by atoms with Crippen molar-refractivity contribution in [1.82, 2.24) is 10.0 Å². The van der Waals surface area contributed by atoms with Gasteiger partial charge in [0.25, 0.3) is 0 Å². The Kier molecular flexibility index (Phi) is 6.94. The fraction of sp³-hybridized carbons (Fsp3) is 0.538. The molecule has 4 nitrogen and oxygen atoms in total. The van der Waals surface area contributed by atoms with E-state index < -0.39 is 10.0 Å². The number of piperidine rings is 1. The zero-order valence-electron chi connectivity index (χ0n) is 11.4. The molecule has 2 rings (SSSR count). The molecule has 1 aromatic rings. The zero-order valence-corrected chi connectivity index (χ0v) is 14.6. The van der Waals surface area contributed by atoms with Crippen LogP contribution in [-0.2, 0) is 10.0 Å². The molecule has 1 heterocycles.